The summed E-state index contributed by atoms with van der Waals surface area (Å²) in [4.78, 5) is 27.1. The number of ether oxygens (including phenoxy) is 1. The van der Waals surface area contributed by atoms with Crippen molar-refractivity contribution in [2.24, 2.45) is 11.7 Å². The summed E-state index contributed by atoms with van der Waals surface area (Å²) in [5.74, 6) is -0.404. The Hall–Kier alpha value is -2.57. The fourth-order valence-electron chi connectivity index (χ4n) is 3.33. The van der Waals surface area contributed by atoms with Gasteiger partial charge in [-0.25, -0.2) is 0 Å². The van der Waals surface area contributed by atoms with Crippen LogP contribution in [0.15, 0.2) is 42.5 Å². The van der Waals surface area contributed by atoms with Crippen molar-refractivity contribution in [3.05, 3.63) is 53.6 Å². The number of hydrogen-bond acceptors (Lipinski definition) is 4. The summed E-state index contributed by atoms with van der Waals surface area (Å²) in [6, 6.07) is 13.1. The standard InChI is InChI=1S/C21H25N3O3.ClH/c1-14-11-15(2)13-17(12-14)24-9-7-19(21(24)26)20(25)23-16-3-5-18(6-4-16)27-10-8-22;/h3-6,11-13,19H,7-10,22H2,1-2H3,(H,23,25);1H. The van der Waals surface area contributed by atoms with E-state index in [1.807, 2.05) is 26.0 Å². The van der Waals surface area contributed by atoms with Gasteiger partial charge in [-0.2, -0.15) is 0 Å². The van der Waals surface area contributed by atoms with Gasteiger partial charge in [0.15, 0.2) is 0 Å². The highest BCUT2D eigenvalue weighted by atomic mass is 35.5. The minimum atomic E-state index is -0.668. The summed E-state index contributed by atoms with van der Waals surface area (Å²) in [7, 11) is 0. The van der Waals surface area contributed by atoms with Crippen molar-refractivity contribution >= 4 is 35.6 Å². The third-order valence-electron chi connectivity index (χ3n) is 4.55. The van der Waals surface area contributed by atoms with Crippen molar-refractivity contribution in [3.63, 3.8) is 0 Å². The number of amides is 2. The first-order chi connectivity index (χ1) is 13.0. The van der Waals surface area contributed by atoms with Crippen LogP contribution in [0.1, 0.15) is 17.5 Å². The van der Waals surface area contributed by atoms with Crippen molar-refractivity contribution in [1.82, 2.24) is 0 Å². The second-order valence-electron chi connectivity index (χ2n) is 6.83. The van der Waals surface area contributed by atoms with Gasteiger partial charge >= 0.3 is 0 Å². The average molecular weight is 404 g/mol. The minimum absolute atomic E-state index is 0. The molecule has 1 heterocycles. The molecule has 28 heavy (non-hydrogen) atoms. The highest BCUT2D eigenvalue weighted by Gasteiger charge is 2.37. The average Bonchev–Trinajstić information content (AvgIpc) is 3.02. The minimum Gasteiger partial charge on any atom is -0.492 e. The monoisotopic (exact) mass is 403 g/mol. The van der Waals surface area contributed by atoms with E-state index in [4.69, 9.17) is 10.5 Å². The van der Waals surface area contributed by atoms with Crippen LogP contribution in [0.4, 0.5) is 11.4 Å². The number of anilines is 2. The zero-order valence-corrected chi connectivity index (χ0v) is 16.9. The first-order valence-corrected chi connectivity index (χ1v) is 9.11. The zero-order valence-electron chi connectivity index (χ0n) is 16.1. The summed E-state index contributed by atoms with van der Waals surface area (Å²) in [6.45, 7) is 5.44. The summed E-state index contributed by atoms with van der Waals surface area (Å²) in [5, 5.41) is 2.83. The van der Waals surface area contributed by atoms with E-state index >= 15 is 0 Å². The van der Waals surface area contributed by atoms with Crippen LogP contribution in [-0.2, 0) is 9.59 Å². The molecule has 1 fully saturated rings. The van der Waals surface area contributed by atoms with E-state index < -0.39 is 5.92 Å². The molecular weight excluding hydrogens is 378 g/mol. The van der Waals surface area contributed by atoms with E-state index in [0.717, 1.165) is 16.8 Å². The summed E-state index contributed by atoms with van der Waals surface area (Å²) in [5.41, 5.74) is 9.10. The van der Waals surface area contributed by atoms with Crippen LogP contribution in [0.25, 0.3) is 0 Å². The molecule has 0 aromatic heterocycles. The van der Waals surface area contributed by atoms with Crippen molar-refractivity contribution in [2.75, 3.05) is 29.9 Å². The van der Waals surface area contributed by atoms with E-state index in [2.05, 4.69) is 11.4 Å². The maximum atomic E-state index is 12.8. The topological polar surface area (TPSA) is 84.7 Å². The van der Waals surface area contributed by atoms with Crippen molar-refractivity contribution in [3.8, 4) is 5.75 Å². The van der Waals surface area contributed by atoms with Gasteiger partial charge in [-0.15, -0.1) is 12.4 Å². The third kappa shape index (κ3) is 5.03. The summed E-state index contributed by atoms with van der Waals surface area (Å²) in [6.07, 6.45) is 0.509. The molecule has 1 unspecified atom stereocenters. The molecule has 1 saturated heterocycles. The maximum Gasteiger partial charge on any atom is 0.239 e. The van der Waals surface area contributed by atoms with Gasteiger partial charge < -0.3 is 20.7 Å². The molecule has 150 valence electrons. The highest BCUT2D eigenvalue weighted by Crippen LogP contribution is 2.28. The highest BCUT2D eigenvalue weighted by molar-refractivity contribution is 6.13. The molecule has 2 aromatic rings. The van der Waals surface area contributed by atoms with Crippen molar-refractivity contribution in [1.29, 1.82) is 0 Å². The van der Waals surface area contributed by atoms with Crippen LogP contribution in [0.2, 0.25) is 0 Å². The molecule has 0 spiro atoms. The van der Waals surface area contributed by atoms with Gasteiger partial charge in [0.05, 0.1) is 0 Å². The van der Waals surface area contributed by atoms with E-state index in [1.165, 1.54) is 0 Å². The Balaban J connectivity index is 0.00000280. The number of nitrogens with zero attached hydrogens (tertiary/aromatic N) is 1. The van der Waals surface area contributed by atoms with Gasteiger partial charge in [0.2, 0.25) is 11.8 Å². The number of nitrogens with one attached hydrogen (secondary N) is 1. The molecule has 0 bridgehead atoms. The maximum absolute atomic E-state index is 12.8. The van der Waals surface area contributed by atoms with Gasteiger partial charge in [0.1, 0.15) is 18.3 Å². The lowest BCUT2D eigenvalue weighted by molar-refractivity contribution is -0.129. The Kier molecular flexibility index (Phi) is 7.43. The van der Waals surface area contributed by atoms with E-state index in [1.54, 1.807) is 29.2 Å². The number of halogens is 1. The summed E-state index contributed by atoms with van der Waals surface area (Å²) < 4.78 is 5.42. The Labute approximate surface area is 171 Å². The third-order valence-corrected chi connectivity index (χ3v) is 4.55. The fourth-order valence-corrected chi connectivity index (χ4v) is 3.33. The molecule has 0 saturated carbocycles. The first-order valence-electron chi connectivity index (χ1n) is 9.11. The van der Waals surface area contributed by atoms with Gasteiger partial charge in [-0.1, -0.05) is 6.07 Å². The zero-order chi connectivity index (χ0) is 19.4. The van der Waals surface area contributed by atoms with E-state index in [9.17, 15) is 9.59 Å². The predicted molar refractivity (Wildman–Crippen MR) is 113 cm³/mol. The molecule has 0 radical (unpaired) electrons. The number of benzene rings is 2. The van der Waals surface area contributed by atoms with Crippen LogP contribution >= 0.6 is 12.4 Å². The molecule has 1 aliphatic heterocycles. The molecule has 1 aliphatic rings. The number of hydrogen-bond donors (Lipinski definition) is 2. The summed E-state index contributed by atoms with van der Waals surface area (Å²) >= 11 is 0. The van der Waals surface area contributed by atoms with Crippen LogP contribution in [0, 0.1) is 19.8 Å². The fraction of sp³-hybridized carbons (Fsp3) is 0.333. The Morgan fingerprint density at radius 3 is 2.43 bits per heavy atom. The molecule has 3 rings (SSSR count). The molecule has 2 aromatic carbocycles. The molecule has 6 nitrogen and oxygen atoms in total. The van der Waals surface area contributed by atoms with Crippen LogP contribution in [0.3, 0.4) is 0 Å². The predicted octanol–water partition coefficient (Wildman–Crippen LogP) is 3.05. The van der Waals surface area contributed by atoms with E-state index in [0.29, 0.717) is 37.6 Å². The van der Waals surface area contributed by atoms with Crippen LogP contribution in [-0.4, -0.2) is 31.5 Å². The Morgan fingerprint density at radius 1 is 1.18 bits per heavy atom. The lowest BCUT2D eigenvalue weighted by atomic mass is 10.1. The van der Waals surface area contributed by atoms with Gasteiger partial charge in [-0.3, -0.25) is 9.59 Å². The van der Waals surface area contributed by atoms with Gasteiger partial charge in [0, 0.05) is 24.5 Å². The quantitative estimate of drug-likeness (QED) is 0.726. The molecule has 3 N–H and O–H groups in total. The second kappa shape index (κ2) is 9.57. The van der Waals surface area contributed by atoms with Gasteiger partial charge in [-0.05, 0) is 67.8 Å². The van der Waals surface area contributed by atoms with E-state index in [-0.39, 0.29) is 24.2 Å². The first kappa shape index (κ1) is 21.7. The Bertz CT molecular complexity index is 819. The molecular formula is C21H26ClN3O3. The molecule has 2 amide bonds. The van der Waals surface area contributed by atoms with Crippen molar-refractivity contribution in [2.45, 2.75) is 20.3 Å². The number of carbonyl (C=O) groups is 2. The molecule has 7 heteroatoms. The van der Waals surface area contributed by atoms with Crippen molar-refractivity contribution < 1.29 is 14.3 Å². The van der Waals surface area contributed by atoms with Crippen LogP contribution in [0.5, 0.6) is 5.75 Å². The second-order valence-corrected chi connectivity index (χ2v) is 6.83. The number of nitrogens with two attached hydrogens (primary N) is 1. The van der Waals surface area contributed by atoms with Crippen LogP contribution < -0.4 is 20.7 Å². The molecule has 1 atom stereocenters. The lowest BCUT2D eigenvalue weighted by Crippen LogP contribution is -2.33. The molecule has 0 aliphatic carbocycles. The lowest BCUT2D eigenvalue weighted by Gasteiger charge is -2.18. The number of rotatable bonds is 6. The normalized spacial score (nSPS) is 15.9. The number of aryl methyl sites for hydroxylation is 2. The number of carbonyl (C=O) groups excluding carboxylic acids is 2. The Morgan fingerprint density at radius 2 is 1.82 bits per heavy atom. The SMILES string of the molecule is Cc1cc(C)cc(N2CCC(C(=O)Nc3ccc(OCCN)cc3)C2=O)c1.Cl. The smallest absolute Gasteiger partial charge is 0.239 e. The van der Waals surface area contributed by atoms with Gasteiger partial charge in [0.25, 0.3) is 0 Å². The largest absolute Gasteiger partial charge is 0.492 e.